The summed E-state index contributed by atoms with van der Waals surface area (Å²) in [7, 11) is 0. The Morgan fingerprint density at radius 2 is 2.06 bits per heavy atom. The van der Waals surface area contributed by atoms with Gasteiger partial charge in [-0.1, -0.05) is 6.92 Å². The number of rotatable bonds is 5. The second kappa shape index (κ2) is 5.87. The van der Waals surface area contributed by atoms with Gasteiger partial charge in [-0.2, -0.15) is 0 Å². The van der Waals surface area contributed by atoms with Crippen molar-refractivity contribution in [3.05, 3.63) is 23.8 Å². The summed E-state index contributed by atoms with van der Waals surface area (Å²) < 4.78 is 10.9. The highest BCUT2D eigenvalue weighted by Gasteiger charge is 2.15. The molecule has 0 aliphatic carbocycles. The number of benzene rings is 1. The van der Waals surface area contributed by atoms with Gasteiger partial charge in [-0.3, -0.25) is 4.79 Å². The van der Waals surface area contributed by atoms with Crippen LogP contribution in [0.5, 0.6) is 11.5 Å². The first-order valence-electron chi connectivity index (χ1n) is 6.37. The molecule has 0 fully saturated rings. The average Bonchev–Trinajstić information content (AvgIpc) is 2.43. The molecule has 0 saturated heterocycles. The van der Waals surface area contributed by atoms with Crippen molar-refractivity contribution in [2.24, 2.45) is 0 Å². The number of ether oxygens (including phenoxy) is 2. The summed E-state index contributed by atoms with van der Waals surface area (Å²) in [6.07, 6.45) is 1.01. The molecular weight excluding hydrogens is 230 g/mol. The van der Waals surface area contributed by atoms with E-state index in [0.29, 0.717) is 42.9 Å². The van der Waals surface area contributed by atoms with Crippen LogP contribution in [0.2, 0.25) is 0 Å². The Hall–Kier alpha value is -1.55. The highest BCUT2D eigenvalue weighted by Crippen LogP contribution is 2.30. The third-order valence-electron chi connectivity index (χ3n) is 3.09. The zero-order valence-electron chi connectivity index (χ0n) is 10.9. The molecule has 0 saturated carbocycles. The van der Waals surface area contributed by atoms with E-state index in [4.69, 9.17) is 9.47 Å². The smallest absolute Gasteiger partial charge is 0.176 e. The largest absolute Gasteiger partial charge is 0.486 e. The second-order valence-corrected chi connectivity index (χ2v) is 4.47. The summed E-state index contributed by atoms with van der Waals surface area (Å²) in [5, 5.41) is 3.19. The SMILES string of the molecule is CCC(C)NCC(=O)c1ccc2c(c1)OCCO2. The van der Waals surface area contributed by atoms with Crippen LogP contribution in [0.25, 0.3) is 0 Å². The van der Waals surface area contributed by atoms with E-state index < -0.39 is 0 Å². The van der Waals surface area contributed by atoms with Crippen LogP contribution in [-0.4, -0.2) is 31.6 Å². The molecule has 0 radical (unpaired) electrons. The third-order valence-corrected chi connectivity index (χ3v) is 3.09. The van der Waals surface area contributed by atoms with E-state index >= 15 is 0 Å². The maximum Gasteiger partial charge on any atom is 0.176 e. The topological polar surface area (TPSA) is 47.6 Å². The first kappa shape index (κ1) is 12.9. The van der Waals surface area contributed by atoms with Gasteiger partial charge in [0.1, 0.15) is 13.2 Å². The van der Waals surface area contributed by atoms with Crippen LogP contribution in [0.15, 0.2) is 18.2 Å². The fourth-order valence-corrected chi connectivity index (χ4v) is 1.73. The first-order chi connectivity index (χ1) is 8.70. The third kappa shape index (κ3) is 3.01. The Labute approximate surface area is 107 Å². The van der Waals surface area contributed by atoms with Gasteiger partial charge in [-0.25, -0.2) is 0 Å². The first-order valence-corrected chi connectivity index (χ1v) is 6.37. The quantitative estimate of drug-likeness (QED) is 0.811. The minimum atomic E-state index is 0.0762. The minimum Gasteiger partial charge on any atom is -0.486 e. The Bertz CT molecular complexity index is 431. The molecule has 0 aromatic heterocycles. The molecule has 1 aromatic rings. The van der Waals surface area contributed by atoms with E-state index in [-0.39, 0.29) is 5.78 Å². The molecular formula is C14H19NO3. The van der Waals surface area contributed by atoms with Crippen molar-refractivity contribution in [2.45, 2.75) is 26.3 Å². The van der Waals surface area contributed by atoms with Crippen LogP contribution in [0, 0.1) is 0 Å². The molecule has 1 heterocycles. The van der Waals surface area contributed by atoms with Crippen molar-refractivity contribution in [1.29, 1.82) is 0 Å². The summed E-state index contributed by atoms with van der Waals surface area (Å²) in [6.45, 7) is 5.61. The number of ketones is 1. The molecule has 4 heteroatoms. The number of hydrogen-bond donors (Lipinski definition) is 1. The zero-order chi connectivity index (χ0) is 13.0. The number of nitrogens with one attached hydrogen (secondary N) is 1. The molecule has 18 heavy (non-hydrogen) atoms. The molecule has 2 rings (SSSR count). The fourth-order valence-electron chi connectivity index (χ4n) is 1.73. The molecule has 98 valence electrons. The second-order valence-electron chi connectivity index (χ2n) is 4.47. The van der Waals surface area contributed by atoms with Crippen molar-refractivity contribution in [3.63, 3.8) is 0 Å². The van der Waals surface area contributed by atoms with E-state index in [1.165, 1.54) is 0 Å². The van der Waals surface area contributed by atoms with Gasteiger partial charge in [-0.05, 0) is 31.5 Å². The van der Waals surface area contributed by atoms with Gasteiger partial charge < -0.3 is 14.8 Å². The van der Waals surface area contributed by atoms with Gasteiger partial charge >= 0.3 is 0 Å². The van der Waals surface area contributed by atoms with Crippen molar-refractivity contribution in [1.82, 2.24) is 5.32 Å². The molecule has 1 aromatic carbocycles. The highest BCUT2D eigenvalue weighted by atomic mass is 16.6. The maximum absolute atomic E-state index is 12.0. The number of carbonyl (C=O) groups is 1. The fraction of sp³-hybridized carbons (Fsp3) is 0.500. The lowest BCUT2D eigenvalue weighted by Gasteiger charge is -2.18. The predicted molar refractivity (Wildman–Crippen MR) is 69.5 cm³/mol. The lowest BCUT2D eigenvalue weighted by Crippen LogP contribution is -2.31. The number of hydrogen-bond acceptors (Lipinski definition) is 4. The summed E-state index contributed by atoms with van der Waals surface area (Å²) in [5.41, 5.74) is 0.662. The van der Waals surface area contributed by atoms with Crippen LogP contribution in [0.1, 0.15) is 30.6 Å². The molecule has 0 bridgehead atoms. The summed E-state index contributed by atoms with van der Waals surface area (Å²) in [6, 6.07) is 5.69. The van der Waals surface area contributed by atoms with Crippen LogP contribution in [-0.2, 0) is 0 Å². The lowest BCUT2D eigenvalue weighted by atomic mass is 10.1. The molecule has 4 nitrogen and oxygen atoms in total. The van der Waals surface area contributed by atoms with Crippen molar-refractivity contribution in [3.8, 4) is 11.5 Å². The van der Waals surface area contributed by atoms with E-state index in [2.05, 4.69) is 19.2 Å². The normalized spacial score (nSPS) is 15.2. The monoisotopic (exact) mass is 249 g/mol. The van der Waals surface area contributed by atoms with Gasteiger partial charge in [0.05, 0.1) is 6.54 Å². The van der Waals surface area contributed by atoms with E-state index in [9.17, 15) is 4.79 Å². The Morgan fingerprint density at radius 1 is 1.33 bits per heavy atom. The predicted octanol–water partition coefficient (Wildman–Crippen LogP) is 2.03. The standard InChI is InChI=1S/C14H19NO3/c1-3-10(2)15-9-12(16)11-4-5-13-14(8-11)18-7-6-17-13/h4-5,8,10,15H,3,6-7,9H2,1-2H3. The maximum atomic E-state index is 12.0. The minimum absolute atomic E-state index is 0.0762. The van der Waals surface area contributed by atoms with Crippen LogP contribution >= 0.6 is 0 Å². The van der Waals surface area contributed by atoms with Gasteiger partial charge in [0.15, 0.2) is 17.3 Å². The molecule has 1 atom stereocenters. The lowest BCUT2D eigenvalue weighted by molar-refractivity contribution is 0.0986. The molecule has 0 amide bonds. The van der Waals surface area contributed by atoms with E-state index in [0.717, 1.165) is 6.42 Å². The van der Waals surface area contributed by atoms with Gasteiger partial charge in [0.25, 0.3) is 0 Å². The average molecular weight is 249 g/mol. The number of Topliss-reactive ketones (excluding diaryl/α,β-unsaturated/α-hetero) is 1. The molecule has 0 spiro atoms. The van der Waals surface area contributed by atoms with E-state index in [1.54, 1.807) is 18.2 Å². The van der Waals surface area contributed by atoms with Gasteiger partial charge in [0, 0.05) is 11.6 Å². The van der Waals surface area contributed by atoms with Crippen LogP contribution in [0.4, 0.5) is 0 Å². The van der Waals surface area contributed by atoms with Crippen LogP contribution in [0.3, 0.4) is 0 Å². The van der Waals surface area contributed by atoms with Crippen LogP contribution < -0.4 is 14.8 Å². The molecule has 1 aliphatic heterocycles. The zero-order valence-corrected chi connectivity index (χ0v) is 10.9. The van der Waals surface area contributed by atoms with E-state index in [1.807, 2.05) is 0 Å². The molecule has 1 N–H and O–H groups in total. The Morgan fingerprint density at radius 3 is 2.78 bits per heavy atom. The van der Waals surface area contributed by atoms with Gasteiger partial charge in [-0.15, -0.1) is 0 Å². The molecule has 1 unspecified atom stereocenters. The van der Waals surface area contributed by atoms with Crippen molar-refractivity contribution < 1.29 is 14.3 Å². The van der Waals surface area contributed by atoms with Crippen molar-refractivity contribution >= 4 is 5.78 Å². The summed E-state index contributed by atoms with van der Waals surface area (Å²) in [4.78, 5) is 12.0. The Balaban J connectivity index is 2.02. The Kier molecular flexibility index (Phi) is 4.20. The van der Waals surface area contributed by atoms with Crippen molar-refractivity contribution in [2.75, 3.05) is 19.8 Å². The highest BCUT2D eigenvalue weighted by molar-refractivity contribution is 5.98. The number of carbonyl (C=O) groups excluding carboxylic acids is 1. The summed E-state index contributed by atoms with van der Waals surface area (Å²) in [5.74, 6) is 1.45. The summed E-state index contributed by atoms with van der Waals surface area (Å²) >= 11 is 0. The van der Waals surface area contributed by atoms with Gasteiger partial charge in [0.2, 0.25) is 0 Å². The molecule has 1 aliphatic rings. The number of fused-ring (bicyclic) bond motifs is 1.